The molecule has 0 bridgehead atoms. The van der Waals surface area contributed by atoms with E-state index in [2.05, 4.69) is 0 Å². The minimum Gasteiger partial charge on any atom is -0.458 e. The standard InChI is InChI=1S/C48H37BN2O/c1-4-13-34(14-5-1)50(35-15-6-2-7-16-35)37-27-29-41-44(31-37)51(36-17-8-3-9-18-36)43-30-28-38(48-47(43)49(41)42-21-10-11-22-45(42)52-48)32-23-25-33(26-24-32)46-39-19-12-20-40(39)46/h1-11,13-18,21-31,39-40,46H,12,19-20H2/i1D,2D,3D,4D,5D,6D,7D,8D,9D,10D,11D,13D,14D,15D,16D,17D,18D,21D,22D,23D,24D,25D,26D,27D,29D,31D. The van der Waals surface area contributed by atoms with Gasteiger partial charge in [-0.05, 0) is 125 Å². The number of nitrogens with zero attached hydrogens (tertiary/aromatic N) is 2. The van der Waals surface area contributed by atoms with Gasteiger partial charge in [-0.25, -0.2) is 0 Å². The lowest BCUT2D eigenvalue weighted by molar-refractivity contribution is 0.489. The van der Waals surface area contributed by atoms with Gasteiger partial charge in [0.05, 0.1) is 35.6 Å². The molecule has 4 aliphatic rings. The molecule has 2 aliphatic heterocycles. The second kappa shape index (κ2) is 11.8. The van der Waals surface area contributed by atoms with E-state index >= 15 is 0 Å². The minimum atomic E-state index is -1.81. The third kappa shape index (κ3) is 4.60. The number of ether oxygens (including phenoxy) is 1. The molecule has 3 nitrogen and oxygen atoms in total. The fourth-order valence-electron chi connectivity index (χ4n) is 8.02. The highest BCUT2D eigenvalue weighted by Gasteiger charge is 2.53. The van der Waals surface area contributed by atoms with Crippen molar-refractivity contribution in [1.29, 1.82) is 0 Å². The van der Waals surface area contributed by atoms with E-state index in [1.54, 1.807) is 0 Å². The van der Waals surface area contributed by atoms with Crippen LogP contribution in [0.2, 0.25) is 0 Å². The highest BCUT2D eigenvalue weighted by Crippen LogP contribution is 2.63. The Morgan fingerprint density at radius 1 is 0.615 bits per heavy atom. The lowest BCUT2D eigenvalue weighted by Gasteiger charge is -2.41. The van der Waals surface area contributed by atoms with E-state index in [0.29, 0.717) is 4.90 Å². The summed E-state index contributed by atoms with van der Waals surface area (Å²) in [5, 5.41) is 0. The molecule has 2 atom stereocenters. The number of benzene rings is 7. The van der Waals surface area contributed by atoms with Crippen molar-refractivity contribution in [2.45, 2.75) is 25.2 Å². The van der Waals surface area contributed by atoms with E-state index in [-0.39, 0.29) is 57.7 Å². The summed E-state index contributed by atoms with van der Waals surface area (Å²) in [4.78, 5) is 1.38. The second-order valence-corrected chi connectivity index (χ2v) is 12.8. The monoisotopic (exact) mass is 694 g/mol. The van der Waals surface area contributed by atoms with Gasteiger partial charge in [-0.1, -0.05) is 109 Å². The third-order valence-electron chi connectivity index (χ3n) is 10.2. The van der Waals surface area contributed by atoms with Crippen LogP contribution in [0.15, 0.2) is 169 Å². The summed E-state index contributed by atoms with van der Waals surface area (Å²) < 4.78 is 243. The van der Waals surface area contributed by atoms with E-state index in [4.69, 9.17) is 25.3 Å². The van der Waals surface area contributed by atoms with Crippen molar-refractivity contribution in [3.8, 4) is 22.6 Å². The van der Waals surface area contributed by atoms with Crippen LogP contribution in [0.1, 0.15) is 66.4 Å². The average molecular weight is 695 g/mol. The maximum Gasteiger partial charge on any atom is 0.256 e. The molecule has 2 unspecified atom stereocenters. The van der Waals surface area contributed by atoms with Crippen LogP contribution in [0, 0.1) is 11.8 Å². The zero-order chi connectivity index (χ0) is 56.8. The van der Waals surface area contributed by atoms with Gasteiger partial charge in [0.15, 0.2) is 0 Å². The van der Waals surface area contributed by atoms with Gasteiger partial charge in [-0.15, -0.1) is 0 Å². The molecule has 0 radical (unpaired) electrons. The van der Waals surface area contributed by atoms with Crippen molar-refractivity contribution in [3.63, 3.8) is 0 Å². The van der Waals surface area contributed by atoms with Crippen LogP contribution in [0.3, 0.4) is 0 Å². The summed E-state index contributed by atoms with van der Waals surface area (Å²) >= 11 is 0. The highest BCUT2D eigenvalue weighted by atomic mass is 16.5. The van der Waals surface area contributed by atoms with E-state index < -0.39 is 203 Å². The molecule has 2 saturated carbocycles. The SMILES string of the molecule is [2H]c1c([2H])c([2H])c(N2c3ccc(-c4c([2H])c([2H])c(C5C6CCCC65)c([2H])c4[2H])c4c3B(c3c([2H])c([2H])c([2H])c([2H])c3O4)c3c([2H])c([2H])c(N(c4c([2H])c([2H])c([2H])c([2H])c4[2H])c4c([2H])c([2H])c([2H])c([2H])c4[2H])c([2H])c32)c([2H])c1[2H]. The molecule has 4 heteroatoms. The van der Waals surface area contributed by atoms with E-state index in [1.807, 2.05) is 0 Å². The van der Waals surface area contributed by atoms with Crippen molar-refractivity contribution >= 4 is 57.2 Å². The number of rotatable bonds is 6. The Bertz CT molecular complexity index is 3770. The predicted molar refractivity (Wildman–Crippen MR) is 216 cm³/mol. The van der Waals surface area contributed by atoms with Gasteiger partial charge in [0.1, 0.15) is 11.5 Å². The smallest absolute Gasteiger partial charge is 0.256 e. The first kappa shape index (κ1) is 13.9. The summed E-state index contributed by atoms with van der Waals surface area (Å²) in [5.41, 5.74) is -6.16. The average Bonchev–Trinajstić information content (AvgIpc) is 3.38. The number of fused-ring (bicyclic) bond motifs is 5. The topological polar surface area (TPSA) is 15.7 Å². The largest absolute Gasteiger partial charge is 0.458 e. The van der Waals surface area contributed by atoms with Gasteiger partial charge in [-0.3, -0.25) is 0 Å². The molecule has 7 aromatic carbocycles. The molecule has 7 aromatic rings. The first-order valence-corrected chi connectivity index (χ1v) is 16.6. The quantitative estimate of drug-likeness (QED) is 0.161. The highest BCUT2D eigenvalue weighted by molar-refractivity contribution is 6.99. The van der Waals surface area contributed by atoms with Gasteiger partial charge >= 0.3 is 0 Å². The van der Waals surface area contributed by atoms with Crippen molar-refractivity contribution in [2.24, 2.45) is 11.8 Å². The van der Waals surface area contributed by atoms with Crippen LogP contribution < -0.4 is 30.9 Å². The van der Waals surface area contributed by atoms with Crippen LogP contribution >= 0.6 is 0 Å². The molecule has 2 heterocycles. The Balaban J connectivity index is 1.33. The van der Waals surface area contributed by atoms with E-state index in [9.17, 15) is 15.1 Å². The normalized spacial score (nSPS) is 25.8. The Hall–Kier alpha value is -6.00. The molecule has 0 spiro atoms. The fourth-order valence-corrected chi connectivity index (χ4v) is 8.02. The molecule has 2 fully saturated rings. The molecule has 52 heavy (non-hydrogen) atoms. The van der Waals surface area contributed by atoms with Crippen molar-refractivity contribution < 1.29 is 40.4 Å². The van der Waals surface area contributed by atoms with Crippen LogP contribution in [-0.2, 0) is 0 Å². The second-order valence-electron chi connectivity index (χ2n) is 12.8. The van der Waals surface area contributed by atoms with Crippen molar-refractivity contribution in [3.05, 3.63) is 175 Å². The molecular weight excluding hydrogens is 631 g/mol. The molecule has 0 amide bonds. The summed E-state index contributed by atoms with van der Waals surface area (Å²) in [6, 6.07) is -20.3. The molecule has 2 aliphatic carbocycles. The van der Waals surface area contributed by atoms with Crippen LogP contribution in [0.5, 0.6) is 11.5 Å². The number of anilines is 6. The Morgan fingerprint density at radius 2 is 1.27 bits per heavy atom. The molecule has 0 saturated heterocycles. The zero-order valence-electron chi connectivity index (χ0n) is 52.9. The van der Waals surface area contributed by atoms with E-state index in [1.165, 1.54) is 12.1 Å². The Labute approximate surface area is 342 Å². The van der Waals surface area contributed by atoms with Crippen molar-refractivity contribution in [1.82, 2.24) is 0 Å². The molecular formula is C48H37BN2O. The number of hydrogen-bond donors (Lipinski definition) is 0. The Morgan fingerprint density at radius 3 is 1.98 bits per heavy atom. The number of hydrogen-bond acceptors (Lipinski definition) is 3. The van der Waals surface area contributed by atoms with Crippen molar-refractivity contribution in [2.75, 3.05) is 9.80 Å². The third-order valence-corrected chi connectivity index (χ3v) is 10.2. The van der Waals surface area contributed by atoms with Crippen LogP contribution in [-0.4, -0.2) is 6.71 Å². The zero-order valence-corrected chi connectivity index (χ0v) is 26.9. The van der Waals surface area contributed by atoms with Gasteiger partial charge in [0, 0.05) is 39.7 Å². The first-order valence-electron chi connectivity index (χ1n) is 29.6. The van der Waals surface area contributed by atoms with Gasteiger partial charge in [-0.2, -0.15) is 0 Å². The molecule has 0 N–H and O–H groups in total. The summed E-state index contributed by atoms with van der Waals surface area (Å²) in [5.74, 6) is -0.847. The summed E-state index contributed by atoms with van der Waals surface area (Å²) in [6.45, 7) is -1.81. The van der Waals surface area contributed by atoms with Crippen LogP contribution in [0.4, 0.5) is 34.1 Å². The van der Waals surface area contributed by atoms with Crippen LogP contribution in [0.25, 0.3) is 11.1 Å². The van der Waals surface area contributed by atoms with Gasteiger partial charge < -0.3 is 14.5 Å². The predicted octanol–water partition coefficient (Wildman–Crippen LogP) is 10.7. The molecule has 11 rings (SSSR count). The maximum absolute atomic E-state index is 10.3. The summed E-state index contributed by atoms with van der Waals surface area (Å²) in [6.07, 6.45) is 2.68. The van der Waals surface area contributed by atoms with Gasteiger partial charge in [0.25, 0.3) is 6.71 Å². The molecule has 0 aromatic heterocycles. The maximum atomic E-state index is 10.3. The minimum absolute atomic E-state index is 0.182. The lowest BCUT2D eigenvalue weighted by atomic mass is 9.34. The number of para-hydroxylation sites is 4. The molecule has 248 valence electrons. The van der Waals surface area contributed by atoms with E-state index in [0.717, 1.165) is 24.2 Å². The Kier molecular flexibility index (Phi) is 3.14. The fraction of sp³-hybridized carbons (Fsp3) is 0.125. The van der Waals surface area contributed by atoms with Gasteiger partial charge in [0.2, 0.25) is 0 Å². The summed E-state index contributed by atoms with van der Waals surface area (Å²) in [7, 11) is 0. The lowest BCUT2D eigenvalue weighted by Crippen LogP contribution is -2.59. The first-order chi connectivity index (χ1) is 36.6.